The molecule has 0 amide bonds. The van der Waals surface area contributed by atoms with Crippen LogP contribution in [0.2, 0.25) is 0 Å². The SMILES string of the molecule is Cl.Nc1nc(-c2ccc(F)cc2)nc2c1cnn2-c1ccccc1. The van der Waals surface area contributed by atoms with Crippen molar-refractivity contribution in [2.45, 2.75) is 0 Å². The van der Waals surface area contributed by atoms with Crippen molar-refractivity contribution in [3.63, 3.8) is 0 Å². The molecule has 4 aromatic rings. The molecule has 0 radical (unpaired) electrons. The van der Waals surface area contributed by atoms with Crippen LogP contribution >= 0.6 is 12.4 Å². The van der Waals surface area contributed by atoms with Crippen LogP contribution in [0.15, 0.2) is 60.8 Å². The average Bonchev–Trinajstić information content (AvgIpc) is 3.01. The molecule has 0 bridgehead atoms. The van der Waals surface area contributed by atoms with Gasteiger partial charge in [-0.3, -0.25) is 0 Å². The fraction of sp³-hybridized carbons (Fsp3) is 0. The Kier molecular flexibility index (Phi) is 4.14. The van der Waals surface area contributed by atoms with Gasteiger partial charge in [-0.2, -0.15) is 5.10 Å². The van der Waals surface area contributed by atoms with Crippen LogP contribution < -0.4 is 5.73 Å². The van der Waals surface area contributed by atoms with Gasteiger partial charge in [-0.25, -0.2) is 19.0 Å². The quantitative estimate of drug-likeness (QED) is 0.604. The molecule has 0 spiro atoms. The highest BCUT2D eigenvalue weighted by molar-refractivity contribution is 5.87. The lowest BCUT2D eigenvalue weighted by molar-refractivity contribution is 0.628. The fourth-order valence-corrected chi connectivity index (χ4v) is 2.42. The van der Waals surface area contributed by atoms with Crippen LogP contribution in [0.5, 0.6) is 0 Å². The number of benzene rings is 2. The van der Waals surface area contributed by atoms with Gasteiger partial charge in [0.1, 0.15) is 11.6 Å². The van der Waals surface area contributed by atoms with Crippen LogP contribution in [-0.4, -0.2) is 19.7 Å². The summed E-state index contributed by atoms with van der Waals surface area (Å²) in [7, 11) is 0. The van der Waals surface area contributed by atoms with E-state index in [0.29, 0.717) is 28.2 Å². The normalized spacial score (nSPS) is 10.5. The summed E-state index contributed by atoms with van der Waals surface area (Å²) in [6.07, 6.45) is 1.64. The zero-order valence-corrected chi connectivity index (χ0v) is 13.2. The Morgan fingerprint density at radius 3 is 2.33 bits per heavy atom. The number of halogens is 2. The number of nitrogen functional groups attached to an aromatic ring is 1. The molecule has 0 aliphatic heterocycles. The van der Waals surface area contributed by atoms with E-state index in [1.807, 2.05) is 30.3 Å². The van der Waals surface area contributed by atoms with Gasteiger partial charge < -0.3 is 5.73 Å². The molecule has 2 aromatic heterocycles. The van der Waals surface area contributed by atoms with Gasteiger partial charge >= 0.3 is 0 Å². The van der Waals surface area contributed by atoms with Gasteiger partial charge in [0.15, 0.2) is 11.5 Å². The predicted molar refractivity (Wildman–Crippen MR) is 93.7 cm³/mol. The third-order valence-electron chi connectivity index (χ3n) is 3.56. The van der Waals surface area contributed by atoms with Crippen LogP contribution in [0.4, 0.5) is 10.2 Å². The topological polar surface area (TPSA) is 69.6 Å². The molecule has 0 atom stereocenters. The molecule has 2 N–H and O–H groups in total. The molecule has 0 aliphatic carbocycles. The average molecular weight is 342 g/mol. The first kappa shape index (κ1) is 15.9. The second kappa shape index (κ2) is 6.25. The number of para-hydroxylation sites is 1. The van der Waals surface area contributed by atoms with Gasteiger partial charge in [0.05, 0.1) is 17.3 Å². The Morgan fingerprint density at radius 2 is 1.62 bits per heavy atom. The van der Waals surface area contributed by atoms with Crippen molar-refractivity contribution in [2.24, 2.45) is 0 Å². The number of nitrogens with two attached hydrogens (primary N) is 1. The Bertz CT molecular complexity index is 983. The smallest absolute Gasteiger partial charge is 0.169 e. The molecule has 2 aromatic carbocycles. The lowest BCUT2D eigenvalue weighted by Crippen LogP contribution is -2.01. The van der Waals surface area contributed by atoms with Crippen molar-refractivity contribution in [1.82, 2.24) is 19.7 Å². The molecule has 0 fully saturated rings. The number of hydrogen-bond acceptors (Lipinski definition) is 4. The second-order valence-corrected chi connectivity index (χ2v) is 5.07. The van der Waals surface area contributed by atoms with Gasteiger partial charge in [-0.05, 0) is 36.4 Å². The number of nitrogens with zero attached hydrogens (tertiary/aromatic N) is 4. The van der Waals surface area contributed by atoms with Crippen LogP contribution in [0.3, 0.4) is 0 Å². The summed E-state index contributed by atoms with van der Waals surface area (Å²) in [5, 5.41) is 5.03. The maximum atomic E-state index is 13.1. The Labute approximate surface area is 143 Å². The summed E-state index contributed by atoms with van der Waals surface area (Å²) in [6.45, 7) is 0. The molecule has 4 rings (SSSR count). The minimum absolute atomic E-state index is 0. The predicted octanol–water partition coefficient (Wildman–Crippen LogP) is 3.63. The van der Waals surface area contributed by atoms with Crippen LogP contribution in [0.25, 0.3) is 28.1 Å². The highest BCUT2D eigenvalue weighted by Crippen LogP contribution is 2.24. The van der Waals surface area contributed by atoms with Crippen LogP contribution in [-0.2, 0) is 0 Å². The molecule has 2 heterocycles. The standard InChI is InChI=1S/C17H12FN5.ClH/c18-12-8-6-11(7-9-12)16-21-15(19)14-10-20-23(17(14)22-16)13-4-2-1-3-5-13;/h1-10H,(H2,19,21,22);1H. The van der Waals surface area contributed by atoms with Crippen LogP contribution in [0, 0.1) is 5.82 Å². The highest BCUT2D eigenvalue weighted by Gasteiger charge is 2.13. The summed E-state index contributed by atoms with van der Waals surface area (Å²) in [4.78, 5) is 8.86. The maximum absolute atomic E-state index is 13.1. The number of anilines is 1. The summed E-state index contributed by atoms with van der Waals surface area (Å²) < 4.78 is 14.8. The Hall–Kier alpha value is -2.99. The van der Waals surface area contributed by atoms with E-state index in [0.717, 1.165) is 5.69 Å². The largest absolute Gasteiger partial charge is 0.383 e. The molecule has 120 valence electrons. The number of fused-ring (bicyclic) bond motifs is 1. The lowest BCUT2D eigenvalue weighted by Gasteiger charge is -2.06. The van der Waals surface area contributed by atoms with Crippen molar-refractivity contribution < 1.29 is 4.39 Å². The molecule has 0 aliphatic rings. The molecular weight excluding hydrogens is 329 g/mol. The lowest BCUT2D eigenvalue weighted by atomic mass is 10.2. The van der Waals surface area contributed by atoms with E-state index in [-0.39, 0.29) is 18.2 Å². The highest BCUT2D eigenvalue weighted by atomic mass is 35.5. The fourth-order valence-electron chi connectivity index (χ4n) is 2.42. The first-order valence-electron chi connectivity index (χ1n) is 7.05. The van der Waals surface area contributed by atoms with Gasteiger partial charge in [-0.1, -0.05) is 18.2 Å². The third kappa shape index (κ3) is 2.68. The molecule has 7 heteroatoms. The molecular formula is C17H13ClFN5. The summed E-state index contributed by atoms with van der Waals surface area (Å²) in [6, 6.07) is 15.6. The first-order chi connectivity index (χ1) is 11.2. The third-order valence-corrected chi connectivity index (χ3v) is 3.56. The van der Waals surface area contributed by atoms with E-state index in [4.69, 9.17) is 5.73 Å². The molecule has 0 unspecified atom stereocenters. The number of aromatic nitrogens is 4. The van der Waals surface area contributed by atoms with Gasteiger partial charge in [-0.15, -0.1) is 12.4 Å². The summed E-state index contributed by atoms with van der Waals surface area (Å²) >= 11 is 0. The number of rotatable bonds is 2. The van der Waals surface area contributed by atoms with Gasteiger partial charge in [0, 0.05) is 5.56 Å². The zero-order chi connectivity index (χ0) is 15.8. The van der Waals surface area contributed by atoms with Crippen LogP contribution in [0.1, 0.15) is 0 Å². The zero-order valence-electron chi connectivity index (χ0n) is 12.4. The number of hydrogen-bond donors (Lipinski definition) is 1. The van der Waals surface area contributed by atoms with E-state index in [9.17, 15) is 4.39 Å². The van der Waals surface area contributed by atoms with Crippen molar-refractivity contribution in [2.75, 3.05) is 5.73 Å². The van der Waals surface area contributed by atoms with E-state index in [2.05, 4.69) is 15.1 Å². The molecule has 0 saturated heterocycles. The minimum atomic E-state index is -0.308. The van der Waals surface area contributed by atoms with E-state index in [1.165, 1.54) is 12.1 Å². The first-order valence-corrected chi connectivity index (χ1v) is 7.05. The summed E-state index contributed by atoms with van der Waals surface area (Å²) in [5.41, 5.74) is 8.23. The van der Waals surface area contributed by atoms with E-state index < -0.39 is 0 Å². The molecule has 0 saturated carbocycles. The van der Waals surface area contributed by atoms with Crippen molar-refractivity contribution >= 4 is 29.3 Å². The van der Waals surface area contributed by atoms with Gasteiger partial charge in [0.25, 0.3) is 0 Å². The van der Waals surface area contributed by atoms with Gasteiger partial charge in [0.2, 0.25) is 0 Å². The van der Waals surface area contributed by atoms with Crippen molar-refractivity contribution in [3.8, 4) is 17.1 Å². The minimum Gasteiger partial charge on any atom is -0.383 e. The second-order valence-electron chi connectivity index (χ2n) is 5.07. The Balaban J connectivity index is 0.00000169. The van der Waals surface area contributed by atoms with Crippen molar-refractivity contribution in [3.05, 3.63) is 66.6 Å². The molecule has 5 nitrogen and oxygen atoms in total. The Morgan fingerprint density at radius 1 is 0.917 bits per heavy atom. The maximum Gasteiger partial charge on any atom is 0.169 e. The van der Waals surface area contributed by atoms with E-state index >= 15 is 0 Å². The molecule has 24 heavy (non-hydrogen) atoms. The van der Waals surface area contributed by atoms with Crippen molar-refractivity contribution in [1.29, 1.82) is 0 Å². The van der Waals surface area contributed by atoms with E-state index in [1.54, 1.807) is 23.0 Å². The monoisotopic (exact) mass is 341 g/mol. The summed E-state index contributed by atoms with van der Waals surface area (Å²) in [5.74, 6) is 0.473.